The van der Waals surface area contributed by atoms with Crippen LogP contribution in [0.15, 0.2) is 29.6 Å². The van der Waals surface area contributed by atoms with E-state index in [-0.39, 0.29) is 36.8 Å². The Morgan fingerprint density at radius 3 is 2.88 bits per heavy atom. The van der Waals surface area contributed by atoms with Crippen LogP contribution in [0, 0.1) is 0 Å². The van der Waals surface area contributed by atoms with Crippen molar-refractivity contribution in [3.05, 3.63) is 40.4 Å². The van der Waals surface area contributed by atoms with Crippen LogP contribution in [0.1, 0.15) is 29.8 Å². The van der Waals surface area contributed by atoms with Crippen molar-refractivity contribution in [2.24, 2.45) is 5.73 Å². The second-order valence-electron chi connectivity index (χ2n) is 5.43. The van der Waals surface area contributed by atoms with E-state index in [2.05, 4.69) is 4.98 Å². The molecule has 8 heteroatoms. The topological polar surface area (TPSA) is 59.2 Å². The molecule has 2 heterocycles. The highest BCUT2D eigenvalue weighted by atomic mass is 35.5. The third-order valence-electron chi connectivity index (χ3n) is 3.95. The SMILES string of the molecule is Cl.Cl.NCC1CCCCN1C(=O)c1csc(-c2cccc(Cl)c2)n1. The molecule has 1 fully saturated rings. The zero-order valence-corrected chi connectivity index (χ0v) is 16.2. The lowest BCUT2D eigenvalue weighted by Gasteiger charge is -2.34. The Bertz CT molecular complexity index is 680. The molecule has 1 aliphatic rings. The highest BCUT2D eigenvalue weighted by Crippen LogP contribution is 2.27. The van der Waals surface area contributed by atoms with E-state index >= 15 is 0 Å². The van der Waals surface area contributed by atoms with Crippen molar-refractivity contribution in [2.45, 2.75) is 25.3 Å². The lowest BCUT2D eigenvalue weighted by molar-refractivity contribution is 0.0618. The summed E-state index contributed by atoms with van der Waals surface area (Å²) in [6.45, 7) is 1.28. The molecule has 1 aromatic carbocycles. The molecule has 1 aliphatic heterocycles. The summed E-state index contributed by atoms with van der Waals surface area (Å²) < 4.78 is 0. The molecule has 1 amide bonds. The zero-order chi connectivity index (χ0) is 15.5. The first-order chi connectivity index (χ1) is 10.7. The Labute approximate surface area is 163 Å². The molecule has 0 bridgehead atoms. The first-order valence-corrected chi connectivity index (χ1v) is 8.67. The van der Waals surface area contributed by atoms with Crippen molar-refractivity contribution in [1.29, 1.82) is 0 Å². The first kappa shape index (κ1) is 21.2. The van der Waals surface area contributed by atoms with Crippen molar-refractivity contribution in [2.75, 3.05) is 13.1 Å². The largest absolute Gasteiger partial charge is 0.333 e. The van der Waals surface area contributed by atoms with Gasteiger partial charge in [0.1, 0.15) is 10.7 Å². The van der Waals surface area contributed by atoms with E-state index in [4.69, 9.17) is 17.3 Å². The van der Waals surface area contributed by atoms with E-state index in [1.807, 2.05) is 34.5 Å². The van der Waals surface area contributed by atoms with Crippen LogP contribution in [0.4, 0.5) is 0 Å². The number of benzene rings is 1. The number of hydrogen-bond donors (Lipinski definition) is 1. The minimum Gasteiger partial charge on any atom is -0.333 e. The van der Waals surface area contributed by atoms with Gasteiger partial charge in [0, 0.05) is 35.1 Å². The highest BCUT2D eigenvalue weighted by molar-refractivity contribution is 7.13. The summed E-state index contributed by atoms with van der Waals surface area (Å²) in [5.74, 6) is -0.0142. The minimum atomic E-state index is -0.0142. The number of thiazole rings is 1. The number of carbonyl (C=O) groups is 1. The number of rotatable bonds is 3. The summed E-state index contributed by atoms with van der Waals surface area (Å²) in [5.41, 5.74) is 7.23. The maximum Gasteiger partial charge on any atom is 0.273 e. The monoisotopic (exact) mass is 407 g/mol. The van der Waals surface area contributed by atoms with E-state index in [1.54, 1.807) is 0 Å². The zero-order valence-electron chi connectivity index (χ0n) is 13.0. The van der Waals surface area contributed by atoms with Crippen LogP contribution in [0.3, 0.4) is 0 Å². The third kappa shape index (κ3) is 4.61. The predicted octanol–water partition coefficient (Wildman–Crippen LogP) is 4.26. The van der Waals surface area contributed by atoms with Gasteiger partial charge in [-0.1, -0.05) is 23.7 Å². The molecular weight excluding hydrogens is 389 g/mol. The number of amides is 1. The smallest absolute Gasteiger partial charge is 0.273 e. The Balaban J connectivity index is 0.00000144. The van der Waals surface area contributed by atoms with Crippen LogP contribution >= 0.6 is 47.8 Å². The van der Waals surface area contributed by atoms with Gasteiger partial charge in [0.25, 0.3) is 5.91 Å². The summed E-state index contributed by atoms with van der Waals surface area (Å²) in [6, 6.07) is 7.65. The molecule has 1 aromatic heterocycles. The molecule has 0 radical (unpaired) electrons. The first-order valence-electron chi connectivity index (χ1n) is 7.41. The fourth-order valence-corrected chi connectivity index (χ4v) is 3.77. The molecule has 3 rings (SSSR count). The van der Waals surface area contributed by atoms with Crippen LogP contribution in [0.2, 0.25) is 5.02 Å². The van der Waals surface area contributed by atoms with Gasteiger partial charge in [0.15, 0.2) is 0 Å². The van der Waals surface area contributed by atoms with Gasteiger partial charge in [-0.25, -0.2) is 4.98 Å². The van der Waals surface area contributed by atoms with Crippen molar-refractivity contribution in [3.63, 3.8) is 0 Å². The maximum absolute atomic E-state index is 12.7. The molecule has 0 saturated carbocycles. The predicted molar refractivity (Wildman–Crippen MR) is 105 cm³/mol. The van der Waals surface area contributed by atoms with Gasteiger partial charge in [0.2, 0.25) is 0 Å². The van der Waals surface area contributed by atoms with E-state index in [0.717, 1.165) is 36.4 Å². The summed E-state index contributed by atoms with van der Waals surface area (Å²) in [6.07, 6.45) is 3.15. The van der Waals surface area contributed by atoms with Crippen molar-refractivity contribution in [1.82, 2.24) is 9.88 Å². The molecule has 1 atom stereocenters. The molecule has 132 valence electrons. The Morgan fingerprint density at radius 2 is 2.17 bits per heavy atom. The number of carbonyl (C=O) groups excluding carboxylic acids is 1. The summed E-state index contributed by atoms with van der Waals surface area (Å²) in [7, 11) is 0. The van der Waals surface area contributed by atoms with E-state index < -0.39 is 0 Å². The molecule has 1 unspecified atom stereocenters. The van der Waals surface area contributed by atoms with Crippen molar-refractivity contribution in [3.8, 4) is 10.6 Å². The van der Waals surface area contributed by atoms with Crippen LogP contribution < -0.4 is 5.73 Å². The minimum absolute atomic E-state index is 0. The second kappa shape index (κ2) is 9.59. The van der Waals surface area contributed by atoms with Crippen LogP contribution in [0.25, 0.3) is 10.6 Å². The van der Waals surface area contributed by atoms with Gasteiger partial charge >= 0.3 is 0 Å². The number of likely N-dealkylation sites (tertiary alicyclic amines) is 1. The lowest BCUT2D eigenvalue weighted by Crippen LogP contribution is -2.47. The molecule has 24 heavy (non-hydrogen) atoms. The third-order valence-corrected chi connectivity index (χ3v) is 5.08. The van der Waals surface area contributed by atoms with Gasteiger partial charge in [-0.3, -0.25) is 4.79 Å². The van der Waals surface area contributed by atoms with Gasteiger partial charge in [-0.15, -0.1) is 36.2 Å². The fourth-order valence-electron chi connectivity index (χ4n) is 2.79. The normalized spacial score (nSPS) is 16.9. The van der Waals surface area contributed by atoms with Gasteiger partial charge in [-0.05, 0) is 31.4 Å². The van der Waals surface area contributed by atoms with E-state index in [1.165, 1.54) is 11.3 Å². The Morgan fingerprint density at radius 1 is 1.38 bits per heavy atom. The number of nitrogens with zero attached hydrogens (tertiary/aromatic N) is 2. The van der Waals surface area contributed by atoms with Crippen molar-refractivity contribution < 1.29 is 4.79 Å². The molecular formula is C16H20Cl3N3OS. The second-order valence-corrected chi connectivity index (χ2v) is 6.73. The van der Waals surface area contributed by atoms with Gasteiger partial charge < -0.3 is 10.6 Å². The molecule has 0 spiro atoms. The van der Waals surface area contributed by atoms with Crippen LogP contribution in [0.5, 0.6) is 0 Å². The van der Waals surface area contributed by atoms with E-state index in [9.17, 15) is 4.79 Å². The Hall–Kier alpha value is -0.850. The average Bonchev–Trinajstić information content (AvgIpc) is 3.04. The van der Waals surface area contributed by atoms with Crippen LogP contribution in [-0.2, 0) is 0 Å². The standard InChI is InChI=1S/C16H18ClN3OS.2ClH/c17-12-5-3-4-11(8-12)15-19-14(10-22-15)16(21)20-7-2-1-6-13(20)9-18;;/h3-5,8,10,13H,1-2,6-7,9,18H2;2*1H. The number of halogens is 3. The van der Waals surface area contributed by atoms with Crippen molar-refractivity contribution >= 4 is 53.7 Å². The average molecular weight is 409 g/mol. The fraction of sp³-hybridized carbons (Fsp3) is 0.375. The molecule has 0 aliphatic carbocycles. The summed E-state index contributed by atoms with van der Waals surface area (Å²) in [4.78, 5) is 19.0. The van der Waals surface area contributed by atoms with Gasteiger partial charge in [0.05, 0.1) is 0 Å². The number of hydrogen-bond acceptors (Lipinski definition) is 4. The summed E-state index contributed by atoms with van der Waals surface area (Å²) >= 11 is 7.48. The molecule has 4 nitrogen and oxygen atoms in total. The number of nitrogens with two attached hydrogens (primary N) is 1. The summed E-state index contributed by atoms with van der Waals surface area (Å²) in [5, 5.41) is 3.30. The highest BCUT2D eigenvalue weighted by Gasteiger charge is 2.27. The maximum atomic E-state index is 12.7. The van der Waals surface area contributed by atoms with Crippen LogP contribution in [-0.4, -0.2) is 34.9 Å². The van der Waals surface area contributed by atoms with Gasteiger partial charge in [-0.2, -0.15) is 0 Å². The number of aromatic nitrogens is 1. The molecule has 1 saturated heterocycles. The molecule has 2 aromatic rings. The Kier molecular flexibility index (Phi) is 8.46. The number of piperidine rings is 1. The molecule has 2 N–H and O–H groups in total. The quantitative estimate of drug-likeness (QED) is 0.825. The van der Waals surface area contributed by atoms with E-state index in [0.29, 0.717) is 17.3 Å². The lowest BCUT2D eigenvalue weighted by atomic mass is 10.0.